The zero-order chi connectivity index (χ0) is 21.5. The molecule has 2 aromatic carbocycles. The molecule has 9 heteroatoms. The van der Waals surface area contributed by atoms with E-state index in [0.717, 1.165) is 16.5 Å². The van der Waals surface area contributed by atoms with E-state index in [0.29, 0.717) is 13.1 Å². The summed E-state index contributed by atoms with van der Waals surface area (Å²) in [6, 6.07) is 12.3. The van der Waals surface area contributed by atoms with Crippen molar-refractivity contribution >= 4 is 29.0 Å². The monoisotopic (exact) mass is 425 g/mol. The molecule has 0 unspecified atom stereocenters. The second kappa shape index (κ2) is 9.93. The topological polar surface area (TPSA) is 102 Å². The van der Waals surface area contributed by atoms with Crippen LogP contribution in [0.1, 0.15) is 11.1 Å². The standard InChI is InChI=1S/C21H23N5O3S/c1-15-4-3-5-19(16(15)2)25-13-12-24-21(25)30-14-20(27)23-11-10-22-17-6-8-18(9-7-17)26(28)29/h3-9,12-13,22H,10-11,14H2,1-2H3,(H,23,27). The van der Waals surface area contributed by atoms with Gasteiger partial charge in [-0.25, -0.2) is 4.98 Å². The van der Waals surface area contributed by atoms with Crippen LogP contribution < -0.4 is 10.6 Å². The number of hydrogen-bond donors (Lipinski definition) is 2. The highest BCUT2D eigenvalue weighted by molar-refractivity contribution is 7.99. The minimum atomic E-state index is -0.437. The van der Waals surface area contributed by atoms with Crippen LogP contribution in [0.5, 0.6) is 0 Å². The summed E-state index contributed by atoms with van der Waals surface area (Å²) >= 11 is 1.39. The predicted octanol–water partition coefficient (Wildman–Crippen LogP) is 3.72. The first kappa shape index (κ1) is 21.4. The number of nitrogens with one attached hydrogen (secondary N) is 2. The van der Waals surface area contributed by atoms with E-state index >= 15 is 0 Å². The van der Waals surface area contributed by atoms with Crippen molar-refractivity contribution in [1.82, 2.24) is 14.9 Å². The number of imidazole rings is 1. The highest BCUT2D eigenvalue weighted by atomic mass is 32.2. The highest BCUT2D eigenvalue weighted by Gasteiger charge is 2.11. The minimum absolute atomic E-state index is 0.0464. The van der Waals surface area contributed by atoms with Crippen LogP contribution in [0.2, 0.25) is 0 Å². The Labute approximate surface area is 178 Å². The Morgan fingerprint density at radius 3 is 2.67 bits per heavy atom. The number of amides is 1. The number of thioether (sulfide) groups is 1. The Morgan fingerprint density at radius 2 is 1.93 bits per heavy atom. The molecule has 0 saturated heterocycles. The van der Waals surface area contributed by atoms with Crippen LogP contribution in [0.4, 0.5) is 11.4 Å². The summed E-state index contributed by atoms with van der Waals surface area (Å²) in [5, 5.41) is 17.4. The summed E-state index contributed by atoms with van der Waals surface area (Å²) in [6.45, 7) is 5.11. The van der Waals surface area contributed by atoms with Gasteiger partial charge in [0.25, 0.3) is 5.69 Å². The number of non-ortho nitro benzene ring substituents is 1. The molecule has 0 radical (unpaired) electrons. The molecule has 1 heterocycles. The average molecular weight is 426 g/mol. The number of nitro benzene ring substituents is 1. The quantitative estimate of drug-likeness (QED) is 0.234. The fourth-order valence-corrected chi connectivity index (χ4v) is 3.66. The molecule has 0 aliphatic rings. The third-order valence-corrected chi connectivity index (χ3v) is 5.60. The Kier molecular flexibility index (Phi) is 7.08. The summed E-state index contributed by atoms with van der Waals surface area (Å²) in [5.41, 5.74) is 4.25. The number of carbonyl (C=O) groups excluding carboxylic acids is 1. The first-order valence-electron chi connectivity index (χ1n) is 9.43. The van der Waals surface area contributed by atoms with Crippen molar-refractivity contribution in [3.8, 4) is 5.69 Å². The number of nitro groups is 1. The number of aromatic nitrogens is 2. The fourth-order valence-electron chi connectivity index (χ4n) is 2.87. The number of anilines is 1. The van der Waals surface area contributed by atoms with Crippen molar-refractivity contribution in [3.05, 3.63) is 76.1 Å². The lowest BCUT2D eigenvalue weighted by Crippen LogP contribution is -2.30. The molecule has 0 fully saturated rings. The molecule has 0 aliphatic heterocycles. The number of nitrogens with zero attached hydrogens (tertiary/aromatic N) is 3. The van der Waals surface area contributed by atoms with Gasteiger partial charge in [-0.05, 0) is 43.2 Å². The number of aryl methyl sites for hydroxylation is 1. The van der Waals surface area contributed by atoms with Gasteiger partial charge in [-0.3, -0.25) is 19.5 Å². The van der Waals surface area contributed by atoms with E-state index in [1.807, 2.05) is 22.9 Å². The van der Waals surface area contributed by atoms with Crippen molar-refractivity contribution in [2.45, 2.75) is 19.0 Å². The largest absolute Gasteiger partial charge is 0.383 e. The molecule has 8 nitrogen and oxygen atoms in total. The SMILES string of the molecule is Cc1cccc(-n2ccnc2SCC(=O)NCCNc2ccc([N+](=O)[O-])cc2)c1C. The molecule has 1 amide bonds. The van der Waals surface area contributed by atoms with Crippen LogP contribution in [-0.2, 0) is 4.79 Å². The van der Waals surface area contributed by atoms with E-state index in [9.17, 15) is 14.9 Å². The molecule has 0 atom stereocenters. The smallest absolute Gasteiger partial charge is 0.269 e. The second-order valence-corrected chi connectivity index (χ2v) is 7.61. The minimum Gasteiger partial charge on any atom is -0.383 e. The van der Waals surface area contributed by atoms with Gasteiger partial charge >= 0.3 is 0 Å². The number of rotatable bonds is 9. The summed E-state index contributed by atoms with van der Waals surface area (Å²) in [6.07, 6.45) is 3.63. The van der Waals surface area contributed by atoms with Crippen LogP contribution in [0.25, 0.3) is 5.69 Å². The van der Waals surface area contributed by atoms with Gasteiger partial charge in [0.1, 0.15) is 0 Å². The molecule has 2 N–H and O–H groups in total. The van der Waals surface area contributed by atoms with Gasteiger partial charge in [-0.1, -0.05) is 23.9 Å². The predicted molar refractivity (Wildman–Crippen MR) is 118 cm³/mol. The second-order valence-electron chi connectivity index (χ2n) is 6.67. The van der Waals surface area contributed by atoms with Crippen LogP contribution >= 0.6 is 11.8 Å². The Morgan fingerprint density at radius 1 is 1.17 bits per heavy atom. The molecule has 156 valence electrons. The highest BCUT2D eigenvalue weighted by Crippen LogP contribution is 2.24. The van der Waals surface area contributed by atoms with Gasteiger partial charge in [0.2, 0.25) is 5.91 Å². The van der Waals surface area contributed by atoms with E-state index in [1.54, 1.807) is 18.3 Å². The molecule has 1 aromatic heterocycles. The summed E-state index contributed by atoms with van der Waals surface area (Å²) < 4.78 is 2.00. The van der Waals surface area contributed by atoms with E-state index in [1.165, 1.54) is 35.0 Å². The average Bonchev–Trinajstić information content (AvgIpc) is 3.20. The molecule has 0 saturated carbocycles. The third kappa shape index (κ3) is 5.38. The molecule has 0 bridgehead atoms. The van der Waals surface area contributed by atoms with Crippen LogP contribution in [0, 0.1) is 24.0 Å². The summed E-state index contributed by atoms with van der Waals surface area (Å²) in [5.74, 6) is 0.181. The van der Waals surface area contributed by atoms with Crippen LogP contribution in [0.15, 0.2) is 60.0 Å². The summed E-state index contributed by atoms with van der Waals surface area (Å²) in [4.78, 5) is 26.8. The molecular weight excluding hydrogens is 402 g/mol. The van der Waals surface area contributed by atoms with E-state index in [-0.39, 0.29) is 17.3 Å². The Bertz CT molecular complexity index is 1030. The molecule has 30 heavy (non-hydrogen) atoms. The van der Waals surface area contributed by atoms with Crippen molar-refractivity contribution in [2.24, 2.45) is 0 Å². The van der Waals surface area contributed by atoms with Crippen LogP contribution in [-0.4, -0.2) is 39.2 Å². The first-order valence-corrected chi connectivity index (χ1v) is 10.4. The molecule has 3 rings (SSSR count). The first-order chi connectivity index (χ1) is 14.5. The fraction of sp³-hybridized carbons (Fsp3) is 0.238. The molecular formula is C21H23N5O3S. The van der Waals surface area contributed by atoms with Gasteiger partial charge in [0.15, 0.2) is 5.16 Å². The third-order valence-electron chi connectivity index (χ3n) is 4.63. The van der Waals surface area contributed by atoms with Gasteiger partial charge in [-0.2, -0.15) is 0 Å². The molecule has 3 aromatic rings. The van der Waals surface area contributed by atoms with Crippen molar-refractivity contribution in [1.29, 1.82) is 0 Å². The lowest BCUT2D eigenvalue weighted by Gasteiger charge is -2.12. The van der Waals surface area contributed by atoms with Crippen molar-refractivity contribution in [2.75, 3.05) is 24.2 Å². The van der Waals surface area contributed by atoms with Crippen molar-refractivity contribution < 1.29 is 9.72 Å². The maximum atomic E-state index is 12.2. The van der Waals surface area contributed by atoms with E-state index in [4.69, 9.17) is 0 Å². The van der Waals surface area contributed by atoms with E-state index in [2.05, 4.69) is 35.5 Å². The van der Waals surface area contributed by atoms with Gasteiger partial charge in [0.05, 0.1) is 16.4 Å². The van der Waals surface area contributed by atoms with Gasteiger partial charge in [-0.15, -0.1) is 0 Å². The lowest BCUT2D eigenvalue weighted by molar-refractivity contribution is -0.384. The maximum absolute atomic E-state index is 12.2. The van der Waals surface area contributed by atoms with Crippen LogP contribution in [0.3, 0.4) is 0 Å². The number of hydrogen-bond acceptors (Lipinski definition) is 6. The number of benzene rings is 2. The maximum Gasteiger partial charge on any atom is 0.269 e. The van der Waals surface area contributed by atoms with Crippen molar-refractivity contribution in [3.63, 3.8) is 0 Å². The van der Waals surface area contributed by atoms with Gasteiger partial charge in [0, 0.05) is 43.3 Å². The molecule has 0 aliphatic carbocycles. The normalized spacial score (nSPS) is 10.6. The molecule has 0 spiro atoms. The van der Waals surface area contributed by atoms with E-state index < -0.39 is 4.92 Å². The van der Waals surface area contributed by atoms with Gasteiger partial charge < -0.3 is 10.6 Å². The zero-order valence-corrected chi connectivity index (χ0v) is 17.6. The Hall–Kier alpha value is -3.33. The zero-order valence-electron chi connectivity index (χ0n) is 16.8. The summed E-state index contributed by atoms with van der Waals surface area (Å²) in [7, 11) is 0. The lowest BCUT2D eigenvalue weighted by atomic mass is 10.1. The number of carbonyl (C=O) groups is 1. The Balaban J connectivity index is 1.45.